The lowest BCUT2D eigenvalue weighted by molar-refractivity contribution is 0.870. The summed E-state index contributed by atoms with van der Waals surface area (Å²) in [7, 11) is 0. The Balaban J connectivity index is 1.47. The molecular formula is C19H23N7S2. The number of anilines is 3. The topological polar surface area (TPSA) is 78.9 Å². The molecule has 1 aliphatic rings. The fourth-order valence-corrected chi connectivity index (χ4v) is 4.57. The van der Waals surface area contributed by atoms with Crippen molar-refractivity contribution < 1.29 is 0 Å². The SMILES string of the molecule is C=CCCNc1nc(NCc2csc(-c3cccs3)n2)nc(N2CCCC2)n1. The van der Waals surface area contributed by atoms with Gasteiger partial charge in [0.1, 0.15) is 5.01 Å². The predicted molar refractivity (Wildman–Crippen MR) is 117 cm³/mol. The second-order valence-electron chi connectivity index (χ2n) is 6.46. The first-order valence-corrected chi connectivity index (χ1v) is 11.2. The van der Waals surface area contributed by atoms with Gasteiger partial charge in [-0.25, -0.2) is 4.98 Å². The third-order valence-electron chi connectivity index (χ3n) is 4.36. The highest BCUT2D eigenvalue weighted by molar-refractivity contribution is 7.20. The van der Waals surface area contributed by atoms with Gasteiger partial charge in [-0.2, -0.15) is 15.0 Å². The largest absolute Gasteiger partial charge is 0.354 e. The van der Waals surface area contributed by atoms with Crippen molar-refractivity contribution in [1.29, 1.82) is 0 Å². The van der Waals surface area contributed by atoms with Gasteiger partial charge in [-0.3, -0.25) is 0 Å². The molecule has 4 heterocycles. The van der Waals surface area contributed by atoms with Crippen molar-refractivity contribution in [3.63, 3.8) is 0 Å². The number of rotatable bonds is 9. The lowest BCUT2D eigenvalue weighted by Crippen LogP contribution is -2.22. The molecule has 1 fully saturated rings. The Morgan fingerprint density at radius 1 is 1.07 bits per heavy atom. The van der Waals surface area contributed by atoms with E-state index in [4.69, 9.17) is 4.98 Å². The van der Waals surface area contributed by atoms with Gasteiger partial charge < -0.3 is 15.5 Å². The number of thiophene rings is 1. The molecule has 0 bridgehead atoms. The molecule has 2 N–H and O–H groups in total. The Kier molecular flexibility index (Phi) is 6.13. The van der Waals surface area contributed by atoms with Crippen LogP contribution in [0.15, 0.2) is 35.5 Å². The minimum atomic E-state index is 0.573. The minimum Gasteiger partial charge on any atom is -0.354 e. The molecule has 0 unspecified atom stereocenters. The van der Waals surface area contributed by atoms with Crippen molar-refractivity contribution in [2.75, 3.05) is 35.2 Å². The van der Waals surface area contributed by atoms with E-state index in [1.807, 2.05) is 12.1 Å². The molecule has 0 saturated carbocycles. The number of nitrogens with one attached hydrogen (secondary N) is 2. The highest BCUT2D eigenvalue weighted by Gasteiger charge is 2.17. The molecule has 7 nitrogen and oxygen atoms in total. The smallest absolute Gasteiger partial charge is 0.231 e. The number of thiazole rings is 1. The van der Waals surface area contributed by atoms with Crippen LogP contribution in [0.25, 0.3) is 9.88 Å². The van der Waals surface area contributed by atoms with Crippen LogP contribution in [-0.2, 0) is 6.54 Å². The molecule has 0 amide bonds. The van der Waals surface area contributed by atoms with Gasteiger partial charge in [-0.15, -0.1) is 29.3 Å². The minimum absolute atomic E-state index is 0.573. The van der Waals surface area contributed by atoms with Crippen molar-refractivity contribution in [1.82, 2.24) is 19.9 Å². The zero-order chi connectivity index (χ0) is 19.2. The number of hydrogen-bond acceptors (Lipinski definition) is 9. The molecule has 0 radical (unpaired) electrons. The van der Waals surface area contributed by atoms with Crippen LogP contribution in [0.5, 0.6) is 0 Å². The molecule has 0 atom stereocenters. The molecular weight excluding hydrogens is 390 g/mol. The molecule has 146 valence electrons. The van der Waals surface area contributed by atoms with E-state index in [0.29, 0.717) is 18.4 Å². The first-order chi connectivity index (χ1) is 13.8. The lowest BCUT2D eigenvalue weighted by Gasteiger charge is -2.17. The van der Waals surface area contributed by atoms with Crippen LogP contribution in [0, 0.1) is 0 Å². The number of aromatic nitrogens is 4. The first kappa shape index (κ1) is 18.8. The third-order valence-corrected chi connectivity index (χ3v) is 6.29. The average Bonchev–Trinajstić information content (AvgIpc) is 3.49. The summed E-state index contributed by atoms with van der Waals surface area (Å²) in [6, 6.07) is 4.14. The van der Waals surface area contributed by atoms with E-state index in [-0.39, 0.29) is 0 Å². The van der Waals surface area contributed by atoms with Crippen LogP contribution in [-0.4, -0.2) is 39.6 Å². The Bertz CT molecular complexity index is 901. The highest BCUT2D eigenvalue weighted by atomic mass is 32.1. The zero-order valence-corrected chi connectivity index (χ0v) is 17.2. The van der Waals surface area contributed by atoms with Gasteiger partial charge in [0, 0.05) is 25.0 Å². The van der Waals surface area contributed by atoms with Crippen molar-refractivity contribution in [2.24, 2.45) is 0 Å². The van der Waals surface area contributed by atoms with Crippen LogP contribution < -0.4 is 15.5 Å². The molecule has 28 heavy (non-hydrogen) atoms. The Labute approximate surface area is 172 Å². The molecule has 9 heteroatoms. The maximum absolute atomic E-state index is 4.71. The summed E-state index contributed by atoms with van der Waals surface area (Å²) >= 11 is 3.36. The molecule has 1 aliphatic heterocycles. The summed E-state index contributed by atoms with van der Waals surface area (Å²) in [4.78, 5) is 21.8. The predicted octanol–water partition coefficient (Wildman–Crippen LogP) is 4.26. The van der Waals surface area contributed by atoms with Gasteiger partial charge in [0.25, 0.3) is 0 Å². The van der Waals surface area contributed by atoms with E-state index in [1.165, 1.54) is 17.7 Å². The standard InChI is InChI=1S/C19H23N7S2/c1-2-3-8-20-17-23-18(25-19(24-17)26-9-4-5-10-26)21-12-14-13-28-16(22-14)15-7-6-11-27-15/h2,6-7,11,13H,1,3-5,8-10,12H2,(H2,20,21,23,24,25). The van der Waals surface area contributed by atoms with Crippen LogP contribution in [0.4, 0.5) is 17.8 Å². The highest BCUT2D eigenvalue weighted by Crippen LogP contribution is 2.28. The van der Waals surface area contributed by atoms with Gasteiger partial charge in [0.05, 0.1) is 17.1 Å². The van der Waals surface area contributed by atoms with Crippen LogP contribution >= 0.6 is 22.7 Å². The average molecular weight is 414 g/mol. The van der Waals surface area contributed by atoms with Gasteiger partial charge in [-0.1, -0.05) is 12.1 Å². The number of hydrogen-bond donors (Lipinski definition) is 2. The Hall–Kier alpha value is -2.52. The summed E-state index contributed by atoms with van der Waals surface area (Å²) in [5.41, 5.74) is 0.984. The quantitative estimate of drug-likeness (QED) is 0.401. The van der Waals surface area contributed by atoms with Crippen LogP contribution in [0.2, 0.25) is 0 Å². The van der Waals surface area contributed by atoms with Crippen molar-refractivity contribution in [3.05, 3.63) is 41.2 Å². The van der Waals surface area contributed by atoms with E-state index >= 15 is 0 Å². The monoisotopic (exact) mass is 413 g/mol. The summed E-state index contributed by atoms with van der Waals surface area (Å²) in [5.74, 6) is 1.90. The fourth-order valence-electron chi connectivity index (χ4n) is 2.94. The molecule has 4 rings (SSSR count). The second kappa shape index (κ2) is 9.11. The van der Waals surface area contributed by atoms with Crippen LogP contribution in [0.3, 0.4) is 0 Å². The molecule has 0 aliphatic carbocycles. The Morgan fingerprint density at radius 3 is 2.64 bits per heavy atom. The van der Waals surface area contributed by atoms with Gasteiger partial charge in [-0.05, 0) is 30.7 Å². The van der Waals surface area contributed by atoms with E-state index < -0.39 is 0 Å². The van der Waals surface area contributed by atoms with Gasteiger partial charge >= 0.3 is 0 Å². The summed E-state index contributed by atoms with van der Waals surface area (Å²) in [6.45, 7) is 7.07. The zero-order valence-electron chi connectivity index (χ0n) is 15.6. The lowest BCUT2D eigenvalue weighted by atomic mass is 10.4. The van der Waals surface area contributed by atoms with Crippen molar-refractivity contribution >= 4 is 40.5 Å². The van der Waals surface area contributed by atoms with E-state index in [1.54, 1.807) is 22.7 Å². The molecule has 3 aromatic rings. The fraction of sp³-hybridized carbons (Fsp3) is 0.368. The molecule has 0 aromatic carbocycles. The van der Waals surface area contributed by atoms with E-state index in [2.05, 4.69) is 53.9 Å². The molecule has 0 spiro atoms. The maximum Gasteiger partial charge on any atom is 0.231 e. The Morgan fingerprint density at radius 2 is 1.89 bits per heavy atom. The summed E-state index contributed by atoms with van der Waals surface area (Å²) < 4.78 is 0. The van der Waals surface area contributed by atoms with E-state index in [9.17, 15) is 0 Å². The maximum atomic E-state index is 4.71. The summed E-state index contributed by atoms with van der Waals surface area (Å²) in [5, 5.41) is 11.8. The third kappa shape index (κ3) is 4.66. The number of nitrogens with zero attached hydrogens (tertiary/aromatic N) is 5. The first-order valence-electron chi connectivity index (χ1n) is 9.40. The van der Waals surface area contributed by atoms with Crippen molar-refractivity contribution in [3.8, 4) is 9.88 Å². The van der Waals surface area contributed by atoms with E-state index in [0.717, 1.165) is 42.7 Å². The van der Waals surface area contributed by atoms with Gasteiger partial charge in [0.15, 0.2) is 0 Å². The molecule has 1 saturated heterocycles. The second-order valence-corrected chi connectivity index (χ2v) is 8.26. The molecule has 3 aromatic heterocycles. The normalized spacial score (nSPS) is 13.6. The summed E-state index contributed by atoms with van der Waals surface area (Å²) in [6.07, 6.45) is 5.09. The van der Waals surface area contributed by atoms with Crippen molar-refractivity contribution in [2.45, 2.75) is 25.8 Å². The van der Waals surface area contributed by atoms with Gasteiger partial charge in [0.2, 0.25) is 17.8 Å². The van der Waals surface area contributed by atoms with Crippen LogP contribution in [0.1, 0.15) is 25.0 Å².